The van der Waals surface area contributed by atoms with E-state index in [4.69, 9.17) is 5.73 Å². The number of anilines is 1. The lowest BCUT2D eigenvalue weighted by Gasteiger charge is -2.11. The van der Waals surface area contributed by atoms with Gasteiger partial charge in [-0.3, -0.25) is 4.79 Å². The summed E-state index contributed by atoms with van der Waals surface area (Å²) in [7, 11) is -3.63. The lowest BCUT2D eigenvalue weighted by molar-refractivity contribution is -0.117. The molecule has 0 fully saturated rings. The van der Waals surface area contributed by atoms with Gasteiger partial charge in [0.1, 0.15) is 4.90 Å². The fraction of sp³-hybridized carbons (Fsp3) is 0.364. The van der Waals surface area contributed by atoms with E-state index >= 15 is 0 Å². The summed E-state index contributed by atoms with van der Waals surface area (Å²) in [6.45, 7) is 2.50. The van der Waals surface area contributed by atoms with E-state index in [1.807, 2.05) is 6.92 Å². The molecule has 0 aliphatic rings. The van der Waals surface area contributed by atoms with Crippen molar-refractivity contribution in [1.29, 1.82) is 0 Å². The summed E-state index contributed by atoms with van der Waals surface area (Å²) in [5.74, 6) is -0.544. The molecule has 0 radical (unpaired) electrons. The zero-order valence-electron chi connectivity index (χ0n) is 10.1. The summed E-state index contributed by atoms with van der Waals surface area (Å²) in [4.78, 5) is 10.7. The van der Waals surface area contributed by atoms with Gasteiger partial charge in [0.2, 0.25) is 15.9 Å². The molecule has 18 heavy (non-hydrogen) atoms. The highest BCUT2D eigenvalue weighted by atomic mass is 32.2. The molecule has 0 saturated heterocycles. The number of carbonyl (C=O) groups excluding carboxylic acids is 1. The standard InChI is InChI=1S/C11H17N3O3S/c1-2-13-9-5-3-4-6-10(9)18(16,17)14-8-7-11(12)15/h3-6,13-14H,2,7-8H2,1H3,(H2,12,15). The van der Waals surface area contributed by atoms with Crippen LogP contribution in [0.25, 0.3) is 0 Å². The van der Waals surface area contributed by atoms with Crippen LogP contribution in [0.2, 0.25) is 0 Å². The van der Waals surface area contributed by atoms with Gasteiger partial charge >= 0.3 is 0 Å². The summed E-state index contributed by atoms with van der Waals surface area (Å²) in [6, 6.07) is 6.58. The number of hydrogen-bond donors (Lipinski definition) is 3. The lowest BCUT2D eigenvalue weighted by atomic mass is 10.3. The van der Waals surface area contributed by atoms with Crippen molar-refractivity contribution in [1.82, 2.24) is 4.72 Å². The fourth-order valence-corrected chi connectivity index (χ4v) is 2.64. The van der Waals surface area contributed by atoms with Crippen molar-refractivity contribution in [2.24, 2.45) is 5.73 Å². The molecule has 0 unspecified atom stereocenters. The van der Waals surface area contributed by atoms with E-state index in [9.17, 15) is 13.2 Å². The Balaban J connectivity index is 2.87. The Hall–Kier alpha value is -1.60. The highest BCUT2D eigenvalue weighted by Gasteiger charge is 2.17. The molecule has 1 amide bonds. The van der Waals surface area contributed by atoms with Crippen molar-refractivity contribution < 1.29 is 13.2 Å². The van der Waals surface area contributed by atoms with Gasteiger partial charge in [-0.05, 0) is 19.1 Å². The molecule has 0 aliphatic carbocycles. The van der Waals surface area contributed by atoms with Crippen LogP contribution in [0.4, 0.5) is 5.69 Å². The minimum atomic E-state index is -3.63. The van der Waals surface area contributed by atoms with Gasteiger partial charge in [-0.15, -0.1) is 0 Å². The Morgan fingerprint density at radius 1 is 1.33 bits per heavy atom. The number of nitrogens with one attached hydrogen (secondary N) is 2. The van der Waals surface area contributed by atoms with Gasteiger partial charge in [0.15, 0.2) is 0 Å². The molecule has 1 aromatic carbocycles. The number of para-hydroxylation sites is 1. The third kappa shape index (κ3) is 4.01. The predicted octanol–water partition coefficient (Wildman–Crippen LogP) is 0.272. The molecule has 6 nitrogen and oxygen atoms in total. The van der Waals surface area contributed by atoms with E-state index in [0.29, 0.717) is 12.2 Å². The summed E-state index contributed by atoms with van der Waals surface area (Å²) in [5.41, 5.74) is 5.49. The van der Waals surface area contributed by atoms with Crippen molar-refractivity contribution >= 4 is 21.6 Å². The summed E-state index contributed by atoms with van der Waals surface area (Å²) in [5, 5.41) is 2.97. The smallest absolute Gasteiger partial charge is 0.242 e. The maximum Gasteiger partial charge on any atom is 0.242 e. The van der Waals surface area contributed by atoms with Gasteiger partial charge in [-0.1, -0.05) is 12.1 Å². The zero-order chi connectivity index (χ0) is 13.6. The van der Waals surface area contributed by atoms with Crippen molar-refractivity contribution in [3.63, 3.8) is 0 Å². The summed E-state index contributed by atoms with van der Waals surface area (Å²) >= 11 is 0. The van der Waals surface area contributed by atoms with Gasteiger partial charge < -0.3 is 11.1 Å². The highest BCUT2D eigenvalue weighted by Crippen LogP contribution is 2.20. The van der Waals surface area contributed by atoms with Crippen LogP contribution >= 0.6 is 0 Å². The molecule has 100 valence electrons. The second kappa shape index (κ2) is 6.36. The minimum Gasteiger partial charge on any atom is -0.384 e. The SMILES string of the molecule is CCNc1ccccc1S(=O)(=O)NCCC(N)=O. The molecule has 7 heteroatoms. The zero-order valence-corrected chi connectivity index (χ0v) is 11.0. The number of rotatable bonds is 7. The number of benzene rings is 1. The Morgan fingerprint density at radius 3 is 2.61 bits per heavy atom. The van der Waals surface area contributed by atoms with Crippen molar-refractivity contribution in [2.45, 2.75) is 18.2 Å². The minimum absolute atomic E-state index is 0.00186. The molecular weight excluding hydrogens is 254 g/mol. The number of nitrogens with two attached hydrogens (primary N) is 1. The van der Waals surface area contributed by atoms with Crippen molar-refractivity contribution in [3.05, 3.63) is 24.3 Å². The number of primary amides is 1. The molecule has 4 N–H and O–H groups in total. The monoisotopic (exact) mass is 271 g/mol. The molecule has 0 bridgehead atoms. The Labute approximate surface area is 107 Å². The first-order valence-corrected chi connectivity index (χ1v) is 7.06. The van der Waals surface area contributed by atoms with Crippen LogP contribution in [-0.2, 0) is 14.8 Å². The van der Waals surface area contributed by atoms with Crippen molar-refractivity contribution in [2.75, 3.05) is 18.4 Å². The first-order chi connectivity index (χ1) is 8.47. The second-order valence-electron chi connectivity index (χ2n) is 3.64. The number of hydrogen-bond acceptors (Lipinski definition) is 4. The van der Waals surface area contributed by atoms with Crippen LogP contribution in [0.3, 0.4) is 0 Å². The van der Waals surface area contributed by atoms with Crippen LogP contribution in [0.5, 0.6) is 0 Å². The molecule has 0 heterocycles. The van der Waals surface area contributed by atoms with E-state index in [2.05, 4.69) is 10.0 Å². The molecule has 0 spiro atoms. The van der Waals surface area contributed by atoms with E-state index in [1.165, 1.54) is 6.07 Å². The highest BCUT2D eigenvalue weighted by molar-refractivity contribution is 7.89. The fourth-order valence-electron chi connectivity index (χ4n) is 1.42. The molecule has 0 atom stereocenters. The van der Waals surface area contributed by atoms with Crippen LogP contribution < -0.4 is 15.8 Å². The van der Waals surface area contributed by atoms with Crippen LogP contribution in [-0.4, -0.2) is 27.4 Å². The van der Waals surface area contributed by atoms with Gasteiger partial charge in [-0.2, -0.15) is 0 Å². The normalized spacial score (nSPS) is 11.2. The second-order valence-corrected chi connectivity index (χ2v) is 5.38. The molecular formula is C11H17N3O3S. The molecule has 1 rings (SSSR count). The van der Waals surface area contributed by atoms with Gasteiger partial charge in [0, 0.05) is 19.5 Å². The van der Waals surface area contributed by atoms with Crippen LogP contribution in [0.1, 0.15) is 13.3 Å². The number of sulfonamides is 1. The van der Waals surface area contributed by atoms with Gasteiger partial charge in [0.05, 0.1) is 5.69 Å². The molecule has 0 aliphatic heterocycles. The first-order valence-electron chi connectivity index (χ1n) is 5.58. The Morgan fingerprint density at radius 2 is 2.00 bits per heavy atom. The molecule has 1 aromatic rings. The van der Waals surface area contributed by atoms with Crippen LogP contribution in [0, 0.1) is 0 Å². The van der Waals surface area contributed by atoms with E-state index in [1.54, 1.807) is 18.2 Å². The number of carbonyl (C=O) groups is 1. The summed E-state index contributed by atoms with van der Waals surface area (Å²) in [6.07, 6.45) is -0.0252. The predicted molar refractivity (Wildman–Crippen MR) is 69.6 cm³/mol. The topological polar surface area (TPSA) is 101 Å². The Bertz CT molecular complexity index is 514. The average Bonchev–Trinajstić information content (AvgIpc) is 2.29. The third-order valence-corrected chi connectivity index (χ3v) is 3.73. The average molecular weight is 271 g/mol. The quantitative estimate of drug-likeness (QED) is 0.662. The Kier molecular flexibility index (Phi) is 5.11. The first kappa shape index (κ1) is 14.5. The molecule has 0 saturated carbocycles. The van der Waals surface area contributed by atoms with Crippen molar-refractivity contribution in [3.8, 4) is 0 Å². The van der Waals surface area contributed by atoms with Gasteiger partial charge in [-0.25, -0.2) is 13.1 Å². The largest absolute Gasteiger partial charge is 0.384 e. The molecule has 0 aromatic heterocycles. The maximum absolute atomic E-state index is 12.0. The summed E-state index contributed by atoms with van der Waals surface area (Å²) < 4.78 is 26.3. The lowest BCUT2D eigenvalue weighted by Crippen LogP contribution is -2.28. The van der Waals surface area contributed by atoms with E-state index < -0.39 is 15.9 Å². The van der Waals surface area contributed by atoms with Gasteiger partial charge in [0.25, 0.3) is 0 Å². The van der Waals surface area contributed by atoms with E-state index in [-0.39, 0.29) is 17.9 Å². The number of amides is 1. The van der Waals surface area contributed by atoms with E-state index in [0.717, 1.165) is 0 Å². The van der Waals surface area contributed by atoms with Crippen LogP contribution in [0.15, 0.2) is 29.2 Å². The maximum atomic E-state index is 12.0. The third-order valence-electron chi connectivity index (χ3n) is 2.21.